The third-order valence-corrected chi connectivity index (χ3v) is 6.98. The number of rotatable bonds is 7. The van der Waals surface area contributed by atoms with Crippen molar-refractivity contribution in [1.82, 2.24) is 14.9 Å². The van der Waals surface area contributed by atoms with Gasteiger partial charge in [0, 0.05) is 35.0 Å². The van der Waals surface area contributed by atoms with Crippen molar-refractivity contribution in [2.75, 3.05) is 13.2 Å². The Kier molecular flexibility index (Phi) is 7.09. The summed E-state index contributed by atoms with van der Waals surface area (Å²) < 4.78 is 12.0. The van der Waals surface area contributed by atoms with Crippen molar-refractivity contribution >= 4 is 29.2 Å². The van der Waals surface area contributed by atoms with Crippen LogP contribution < -0.4 is 10.9 Å². The van der Waals surface area contributed by atoms with Crippen molar-refractivity contribution in [3.8, 4) is 11.4 Å². The van der Waals surface area contributed by atoms with Crippen LogP contribution in [0.2, 0.25) is 0 Å². The number of fused-ring (bicyclic) bond motifs is 5. The molecule has 0 bridgehead atoms. The normalized spacial score (nSPS) is 17.8. The monoisotopic (exact) mass is 548 g/mol. The molecule has 0 aliphatic carbocycles. The SMILES string of the molecule is CC[C@@]1(O)C(=O)OCc2c1cc1n(c2=O)Cc2c-1nc1ccccc1c2/C=N\OCCCNC(=O)OC(C)(C)C. The van der Waals surface area contributed by atoms with E-state index in [0.717, 1.165) is 16.5 Å². The summed E-state index contributed by atoms with van der Waals surface area (Å²) in [6.45, 7) is 7.77. The molecule has 1 aromatic carbocycles. The predicted octanol–water partition coefficient (Wildman–Crippen LogP) is 3.34. The van der Waals surface area contributed by atoms with Crippen molar-refractivity contribution in [3.63, 3.8) is 0 Å². The van der Waals surface area contributed by atoms with Crippen LogP contribution in [0, 0.1) is 0 Å². The first-order valence-corrected chi connectivity index (χ1v) is 13.2. The summed E-state index contributed by atoms with van der Waals surface area (Å²) in [5, 5.41) is 18.8. The highest BCUT2D eigenvalue weighted by molar-refractivity contribution is 6.02. The highest BCUT2D eigenvalue weighted by Crippen LogP contribution is 2.39. The minimum atomic E-state index is -1.89. The number of carbonyl (C=O) groups excluding carboxylic acids is 2. The van der Waals surface area contributed by atoms with E-state index in [2.05, 4.69) is 10.5 Å². The molecule has 5 rings (SSSR count). The van der Waals surface area contributed by atoms with E-state index in [1.165, 1.54) is 0 Å². The van der Waals surface area contributed by atoms with Crippen LogP contribution in [-0.4, -0.2) is 51.7 Å². The summed E-state index contributed by atoms with van der Waals surface area (Å²) in [7, 11) is 0. The Morgan fingerprint density at radius 2 is 2.05 bits per heavy atom. The van der Waals surface area contributed by atoms with Gasteiger partial charge < -0.3 is 29.3 Å². The molecule has 2 aromatic heterocycles. The predicted molar refractivity (Wildman–Crippen MR) is 147 cm³/mol. The van der Waals surface area contributed by atoms with Crippen molar-refractivity contribution in [2.24, 2.45) is 5.16 Å². The quantitative estimate of drug-likeness (QED) is 0.155. The van der Waals surface area contributed by atoms with Crippen LogP contribution in [0.4, 0.5) is 4.79 Å². The second-order valence-electron chi connectivity index (χ2n) is 10.8. The van der Waals surface area contributed by atoms with Crippen molar-refractivity contribution < 1.29 is 29.0 Å². The highest BCUT2D eigenvalue weighted by atomic mass is 16.6. The largest absolute Gasteiger partial charge is 0.458 e. The molecule has 1 atom stereocenters. The maximum Gasteiger partial charge on any atom is 0.407 e. The molecule has 0 spiro atoms. The second kappa shape index (κ2) is 10.4. The lowest BCUT2D eigenvalue weighted by atomic mass is 9.86. The van der Waals surface area contributed by atoms with Gasteiger partial charge >= 0.3 is 12.1 Å². The van der Waals surface area contributed by atoms with Crippen molar-refractivity contribution in [2.45, 2.75) is 64.9 Å². The smallest absolute Gasteiger partial charge is 0.407 e. The molecule has 4 heterocycles. The lowest BCUT2D eigenvalue weighted by molar-refractivity contribution is -0.172. The molecule has 0 fully saturated rings. The van der Waals surface area contributed by atoms with Crippen LogP contribution in [0.15, 0.2) is 40.3 Å². The first-order chi connectivity index (χ1) is 19.0. The molecule has 1 amide bonds. The number of pyridine rings is 2. The number of hydrogen-bond acceptors (Lipinski definition) is 9. The van der Waals surface area contributed by atoms with Gasteiger partial charge in [-0.2, -0.15) is 0 Å². The van der Waals surface area contributed by atoms with Crippen LogP contribution >= 0.6 is 0 Å². The molecule has 0 radical (unpaired) electrons. The number of aliphatic hydroxyl groups is 1. The number of ether oxygens (including phenoxy) is 2. The fourth-order valence-electron chi connectivity index (χ4n) is 4.99. The number of para-hydroxylation sites is 1. The Bertz CT molecular complexity index is 1590. The summed E-state index contributed by atoms with van der Waals surface area (Å²) in [6, 6.07) is 9.25. The van der Waals surface area contributed by atoms with Crippen molar-refractivity contribution in [3.05, 3.63) is 62.9 Å². The molecule has 2 aliphatic heterocycles. The number of oxime groups is 1. The maximum absolute atomic E-state index is 13.5. The third kappa shape index (κ3) is 4.92. The summed E-state index contributed by atoms with van der Waals surface area (Å²) in [5.74, 6) is -0.761. The van der Waals surface area contributed by atoms with Gasteiger partial charge in [0.25, 0.3) is 5.56 Å². The molecule has 11 heteroatoms. The lowest BCUT2D eigenvalue weighted by Gasteiger charge is -2.31. The minimum Gasteiger partial charge on any atom is -0.458 e. The summed E-state index contributed by atoms with van der Waals surface area (Å²) >= 11 is 0. The fourth-order valence-corrected chi connectivity index (χ4v) is 4.99. The lowest BCUT2D eigenvalue weighted by Crippen LogP contribution is -2.44. The molecule has 3 aromatic rings. The average Bonchev–Trinajstić information content (AvgIpc) is 3.27. The zero-order valence-corrected chi connectivity index (χ0v) is 22.9. The summed E-state index contributed by atoms with van der Waals surface area (Å²) in [5.41, 5.74) is 1.10. The van der Waals surface area contributed by atoms with Crippen LogP contribution in [0.3, 0.4) is 0 Å². The Morgan fingerprint density at radius 3 is 2.80 bits per heavy atom. The van der Waals surface area contributed by atoms with Gasteiger partial charge in [0.1, 0.15) is 18.8 Å². The van der Waals surface area contributed by atoms with Gasteiger partial charge in [-0.1, -0.05) is 30.3 Å². The Morgan fingerprint density at radius 1 is 1.27 bits per heavy atom. The van der Waals surface area contributed by atoms with Gasteiger partial charge in [0.05, 0.1) is 35.2 Å². The number of cyclic esters (lactones) is 1. The highest BCUT2D eigenvalue weighted by Gasteiger charge is 2.45. The standard InChI is InChI=1S/C29H32N4O7/c1-5-29(37)21-13-23-24-19(15-33(23)25(34)20(21)16-38-26(29)35)18(17-9-6-7-10-22(17)32-24)14-31-39-12-8-11-30-27(36)40-28(2,3)4/h6-7,9-10,13-14,37H,5,8,11-12,15-16H2,1-4H3,(H,30,36)/b31-14-/t29-/m0/s1. The Balaban J connectivity index is 1.41. The van der Waals surface area contributed by atoms with E-state index in [1.54, 1.807) is 44.5 Å². The van der Waals surface area contributed by atoms with Crippen LogP contribution in [-0.2, 0) is 37.9 Å². The molecule has 40 heavy (non-hydrogen) atoms. The third-order valence-electron chi connectivity index (χ3n) is 6.98. The number of nitrogens with zero attached hydrogens (tertiary/aromatic N) is 3. The number of esters is 1. The number of carbonyl (C=O) groups is 2. The average molecular weight is 549 g/mol. The van der Waals surface area contributed by atoms with Crippen LogP contribution in [0.25, 0.3) is 22.3 Å². The van der Waals surface area contributed by atoms with E-state index in [1.807, 2.05) is 24.3 Å². The zero-order valence-electron chi connectivity index (χ0n) is 22.9. The molecular weight excluding hydrogens is 516 g/mol. The van der Waals surface area contributed by atoms with Crippen molar-refractivity contribution in [1.29, 1.82) is 0 Å². The number of alkyl carbamates (subject to hydrolysis) is 1. The first-order valence-electron chi connectivity index (χ1n) is 13.2. The van der Waals surface area contributed by atoms with Gasteiger partial charge in [-0.05, 0) is 39.3 Å². The zero-order chi connectivity index (χ0) is 28.7. The molecule has 2 N–H and O–H groups in total. The van der Waals surface area contributed by atoms with E-state index in [9.17, 15) is 19.5 Å². The van der Waals surface area contributed by atoms with Gasteiger partial charge in [-0.3, -0.25) is 4.79 Å². The Labute approximate surface area is 230 Å². The first kappa shape index (κ1) is 27.3. The van der Waals surface area contributed by atoms with E-state index in [4.69, 9.17) is 19.3 Å². The molecule has 0 unspecified atom stereocenters. The molecule has 210 valence electrons. The number of aromatic nitrogens is 2. The topological polar surface area (TPSA) is 141 Å². The van der Waals surface area contributed by atoms with Crippen LogP contribution in [0.1, 0.15) is 62.8 Å². The molecular formula is C29H32N4O7. The molecule has 0 saturated carbocycles. The van der Waals surface area contributed by atoms with Gasteiger partial charge in [-0.25, -0.2) is 14.6 Å². The number of hydrogen-bond donors (Lipinski definition) is 2. The maximum atomic E-state index is 13.5. The molecule has 11 nitrogen and oxygen atoms in total. The number of benzene rings is 1. The number of amides is 1. The van der Waals surface area contributed by atoms with Gasteiger partial charge in [0.15, 0.2) is 5.60 Å². The van der Waals surface area contributed by atoms with Gasteiger partial charge in [-0.15, -0.1) is 0 Å². The fraction of sp³-hybridized carbons (Fsp3) is 0.414. The molecule has 0 saturated heterocycles. The summed E-state index contributed by atoms with van der Waals surface area (Å²) in [4.78, 5) is 48.0. The minimum absolute atomic E-state index is 0.0717. The summed E-state index contributed by atoms with van der Waals surface area (Å²) in [6.07, 6.45) is 1.72. The van der Waals surface area contributed by atoms with E-state index >= 15 is 0 Å². The van der Waals surface area contributed by atoms with E-state index in [0.29, 0.717) is 29.9 Å². The van der Waals surface area contributed by atoms with Crippen LogP contribution in [0.5, 0.6) is 0 Å². The Hall–Kier alpha value is -4.25. The molecule has 2 aliphatic rings. The van der Waals surface area contributed by atoms with Gasteiger partial charge in [0.2, 0.25) is 0 Å². The number of nitrogens with one attached hydrogen (secondary N) is 1. The second-order valence-corrected chi connectivity index (χ2v) is 10.8. The van der Waals surface area contributed by atoms with E-state index in [-0.39, 0.29) is 42.9 Å². The van der Waals surface area contributed by atoms with E-state index < -0.39 is 23.3 Å².